The Labute approximate surface area is 125 Å². The van der Waals surface area contributed by atoms with Gasteiger partial charge in [0.05, 0.1) is 0 Å². The lowest BCUT2D eigenvalue weighted by molar-refractivity contribution is 0.382. The van der Waals surface area contributed by atoms with Gasteiger partial charge in [0, 0.05) is 5.69 Å². The average molecular weight is 336 g/mol. The molecule has 2 nitrogen and oxygen atoms in total. The minimum Gasteiger partial charge on any atom is -0.332 e. The first-order chi connectivity index (χ1) is 10.3. The highest BCUT2D eigenvalue weighted by molar-refractivity contribution is 7.80. The van der Waals surface area contributed by atoms with Crippen LogP contribution >= 0.6 is 12.2 Å². The van der Waals surface area contributed by atoms with Crippen molar-refractivity contribution in [2.45, 2.75) is 0 Å². The molecule has 0 aromatic heterocycles. The molecule has 2 N–H and O–H groups in total. The largest absolute Gasteiger partial charge is 0.332 e. The van der Waals surface area contributed by atoms with Crippen LogP contribution in [0.1, 0.15) is 0 Å². The van der Waals surface area contributed by atoms with Crippen molar-refractivity contribution in [3.63, 3.8) is 0 Å². The van der Waals surface area contributed by atoms with Gasteiger partial charge in [-0.25, -0.2) is 26.3 Å². The fraction of sp³-hybridized carbons (Fsp3) is 0. The SMILES string of the molecule is Fc1cccc(NC(=S)Nc2c(F)c(F)c(F)c(F)c2F)c1. The summed E-state index contributed by atoms with van der Waals surface area (Å²) < 4.78 is 78.7. The second-order valence-corrected chi connectivity index (χ2v) is 4.44. The lowest BCUT2D eigenvalue weighted by atomic mass is 10.2. The number of nitrogens with one attached hydrogen (secondary N) is 2. The van der Waals surface area contributed by atoms with E-state index in [1.165, 1.54) is 12.1 Å². The van der Waals surface area contributed by atoms with E-state index in [1.54, 1.807) is 0 Å². The summed E-state index contributed by atoms with van der Waals surface area (Å²) in [4.78, 5) is 0. The number of rotatable bonds is 2. The molecule has 0 amide bonds. The first-order valence-electron chi connectivity index (χ1n) is 5.66. The molecule has 0 heterocycles. The first-order valence-corrected chi connectivity index (χ1v) is 6.07. The minimum atomic E-state index is -2.27. The molecular formula is C13H6F6N2S. The maximum atomic E-state index is 13.4. The third kappa shape index (κ3) is 3.14. The summed E-state index contributed by atoms with van der Waals surface area (Å²) in [6.45, 7) is 0. The van der Waals surface area contributed by atoms with E-state index in [4.69, 9.17) is 0 Å². The maximum absolute atomic E-state index is 13.4. The van der Waals surface area contributed by atoms with Crippen molar-refractivity contribution in [1.29, 1.82) is 0 Å². The van der Waals surface area contributed by atoms with E-state index in [1.807, 2.05) is 5.32 Å². The molecule has 2 aromatic rings. The lowest BCUT2D eigenvalue weighted by Gasteiger charge is -2.13. The highest BCUT2D eigenvalue weighted by Gasteiger charge is 2.26. The van der Waals surface area contributed by atoms with E-state index in [2.05, 4.69) is 17.5 Å². The van der Waals surface area contributed by atoms with Gasteiger partial charge >= 0.3 is 0 Å². The van der Waals surface area contributed by atoms with Crippen LogP contribution in [0.3, 0.4) is 0 Å². The zero-order chi connectivity index (χ0) is 16.4. The molecule has 0 spiro atoms. The van der Waals surface area contributed by atoms with Crippen molar-refractivity contribution < 1.29 is 26.3 Å². The summed E-state index contributed by atoms with van der Waals surface area (Å²) in [5, 5.41) is 3.73. The van der Waals surface area contributed by atoms with E-state index in [0.717, 1.165) is 12.1 Å². The van der Waals surface area contributed by atoms with Crippen molar-refractivity contribution >= 4 is 28.7 Å². The molecule has 0 atom stereocenters. The molecule has 0 saturated heterocycles. The van der Waals surface area contributed by atoms with Gasteiger partial charge in [-0.3, -0.25) is 0 Å². The smallest absolute Gasteiger partial charge is 0.200 e. The molecule has 0 bridgehead atoms. The van der Waals surface area contributed by atoms with Gasteiger partial charge < -0.3 is 10.6 Å². The van der Waals surface area contributed by atoms with Crippen molar-refractivity contribution in [3.8, 4) is 0 Å². The highest BCUT2D eigenvalue weighted by atomic mass is 32.1. The summed E-state index contributed by atoms with van der Waals surface area (Å²) >= 11 is 4.68. The third-order valence-corrected chi connectivity index (χ3v) is 2.73. The fourth-order valence-corrected chi connectivity index (χ4v) is 1.78. The molecule has 2 rings (SSSR count). The fourth-order valence-electron chi connectivity index (χ4n) is 1.56. The van der Waals surface area contributed by atoms with Gasteiger partial charge in [0.1, 0.15) is 11.5 Å². The molecule has 0 unspecified atom stereocenters. The summed E-state index contributed by atoms with van der Waals surface area (Å²) in [5.74, 6) is -11.2. The van der Waals surface area contributed by atoms with Crippen LogP contribution in [0, 0.1) is 34.9 Å². The molecule has 0 aliphatic rings. The van der Waals surface area contributed by atoms with Gasteiger partial charge in [0.15, 0.2) is 28.4 Å². The van der Waals surface area contributed by atoms with E-state index in [9.17, 15) is 26.3 Å². The summed E-state index contributed by atoms with van der Waals surface area (Å²) in [6, 6.07) is 4.88. The molecule has 22 heavy (non-hydrogen) atoms. The molecule has 0 fully saturated rings. The van der Waals surface area contributed by atoms with E-state index < -0.39 is 45.7 Å². The molecule has 0 aliphatic carbocycles. The number of benzene rings is 2. The predicted molar refractivity (Wildman–Crippen MR) is 72.5 cm³/mol. The lowest BCUT2D eigenvalue weighted by Crippen LogP contribution is -2.22. The Morgan fingerprint density at radius 2 is 1.32 bits per heavy atom. The second-order valence-electron chi connectivity index (χ2n) is 4.03. The Hall–Kier alpha value is -2.29. The standard InChI is InChI=1S/C13H6F6N2S/c14-5-2-1-3-6(4-5)20-13(22)21-12-10(18)8(16)7(15)9(17)11(12)19/h1-4H,(H2,20,21,22). The van der Waals surface area contributed by atoms with E-state index in [-0.39, 0.29) is 5.69 Å². The maximum Gasteiger partial charge on any atom is 0.200 e. The predicted octanol–water partition coefficient (Wildman–Crippen LogP) is 4.33. The monoisotopic (exact) mass is 336 g/mol. The second kappa shape index (κ2) is 6.22. The average Bonchev–Trinajstić information content (AvgIpc) is 2.47. The number of anilines is 2. The number of hydrogen-bond acceptors (Lipinski definition) is 1. The normalized spacial score (nSPS) is 10.5. The highest BCUT2D eigenvalue weighted by Crippen LogP contribution is 2.27. The number of hydrogen-bond donors (Lipinski definition) is 2. The van der Waals surface area contributed by atoms with Crippen LogP contribution in [-0.4, -0.2) is 5.11 Å². The molecule has 0 saturated carbocycles. The van der Waals surface area contributed by atoms with Crippen LogP contribution in [0.15, 0.2) is 24.3 Å². The van der Waals surface area contributed by atoms with Crippen LogP contribution in [0.4, 0.5) is 37.7 Å². The molecule has 0 aliphatic heterocycles. The number of halogens is 6. The minimum absolute atomic E-state index is 0.126. The van der Waals surface area contributed by atoms with Crippen LogP contribution in [0.2, 0.25) is 0 Å². The van der Waals surface area contributed by atoms with Crippen molar-refractivity contribution in [2.75, 3.05) is 10.6 Å². The van der Waals surface area contributed by atoms with Crippen LogP contribution < -0.4 is 10.6 Å². The first kappa shape index (κ1) is 16.1. The quantitative estimate of drug-likeness (QED) is 0.369. The topological polar surface area (TPSA) is 24.1 Å². The molecule has 2 aromatic carbocycles. The van der Waals surface area contributed by atoms with Crippen LogP contribution in [0.25, 0.3) is 0 Å². The molecular weight excluding hydrogens is 330 g/mol. The van der Waals surface area contributed by atoms with Gasteiger partial charge in [0.25, 0.3) is 0 Å². The van der Waals surface area contributed by atoms with Gasteiger partial charge in [-0.1, -0.05) is 6.07 Å². The van der Waals surface area contributed by atoms with E-state index >= 15 is 0 Å². The van der Waals surface area contributed by atoms with Crippen molar-refractivity contribution in [3.05, 3.63) is 59.2 Å². The number of thiocarbonyl (C=S) groups is 1. The Bertz CT molecular complexity index is 721. The van der Waals surface area contributed by atoms with E-state index in [0.29, 0.717) is 0 Å². The summed E-state index contributed by atoms with van der Waals surface area (Å²) in [5.41, 5.74) is -1.17. The zero-order valence-electron chi connectivity index (χ0n) is 10.5. The van der Waals surface area contributed by atoms with Gasteiger partial charge in [-0.05, 0) is 30.4 Å². The summed E-state index contributed by atoms with van der Waals surface area (Å²) in [7, 11) is 0. The Kier molecular flexibility index (Phi) is 4.55. The Morgan fingerprint density at radius 3 is 1.86 bits per heavy atom. The Morgan fingerprint density at radius 1 is 0.773 bits per heavy atom. The Balaban J connectivity index is 2.26. The van der Waals surface area contributed by atoms with Gasteiger partial charge in [-0.2, -0.15) is 0 Å². The molecule has 116 valence electrons. The van der Waals surface area contributed by atoms with Gasteiger partial charge in [0.2, 0.25) is 5.82 Å². The third-order valence-electron chi connectivity index (χ3n) is 2.53. The van der Waals surface area contributed by atoms with Crippen molar-refractivity contribution in [1.82, 2.24) is 0 Å². The zero-order valence-corrected chi connectivity index (χ0v) is 11.3. The van der Waals surface area contributed by atoms with Crippen LogP contribution in [0.5, 0.6) is 0 Å². The summed E-state index contributed by atoms with van der Waals surface area (Å²) in [6.07, 6.45) is 0. The van der Waals surface area contributed by atoms with Gasteiger partial charge in [-0.15, -0.1) is 0 Å². The molecule has 9 heteroatoms. The van der Waals surface area contributed by atoms with Crippen LogP contribution in [-0.2, 0) is 0 Å². The van der Waals surface area contributed by atoms with Crippen molar-refractivity contribution in [2.24, 2.45) is 0 Å². The molecule has 0 radical (unpaired) electrons.